The predicted molar refractivity (Wildman–Crippen MR) is 325 cm³/mol. The molecule has 0 amide bonds. The molecule has 10 heteroatoms. The van der Waals surface area contributed by atoms with Gasteiger partial charge in [0, 0.05) is 116 Å². The zero-order valence-corrected chi connectivity index (χ0v) is 47.6. The van der Waals surface area contributed by atoms with Gasteiger partial charge >= 0.3 is 0 Å². The van der Waals surface area contributed by atoms with Gasteiger partial charge in [-0.15, -0.1) is 6.07 Å². The Morgan fingerprint density at radius 2 is 0.975 bits per heavy atom. The van der Waals surface area contributed by atoms with E-state index in [-0.39, 0.29) is 46.7 Å². The third-order valence-corrected chi connectivity index (χ3v) is 16.0. The second-order valence-electron chi connectivity index (χ2n) is 19.7. The maximum Gasteiger partial charge on any atom is 0.252 e. The summed E-state index contributed by atoms with van der Waals surface area (Å²) in [5.74, 6) is 1.10. The standard InChI is InChI=1S/C69H44BN7P.Th/c1-78-77-64-33-19-16-30-57(64)70-56-29-15-18-32-63(56)75(50-26-12-5-13-27-50)65-41-49(42-66(77)67(65)70)48-34-37-62-54(40-48)52-28-14-17-31-61(52)76(62)51-35-36-53(55(43-51)68-71-39-38-58(72-68)45-20-6-2-7-21-45)69-73-59(46-22-8-3-9-23-46)44-60(74-69)47-24-10-4-11-25-47;/h2-38,40-44H,1H2;/q-1;. The maximum atomic E-state index is 5.30. The Labute approximate surface area is 492 Å². The van der Waals surface area contributed by atoms with Crippen molar-refractivity contribution in [2.24, 2.45) is 0 Å². The molecule has 3 aromatic heterocycles. The molecule has 10 aromatic carbocycles. The molecule has 2 aliphatic heterocycles. The van der Waals surface area contributed by atoms with Crippen LogP contribution in [-0.2, 0) is 0 Å². The fourth-order valence-corrected chi connectivity index (χ4v) is 12.5. The van der Waals surface area contributed by atoms with Crippen LogP contribution in [0.5, 0.6) is 0 Å². The Morgan fingerprint density at radius 3 is 1.67 bits per heavy atom. The van der Waals surface area contributed by atoms with E-state index >= 15 is 0 Å². The van der Waals surface area contributed by atoms with Gasteiger partial charge in [0.05, 0.1) is 22.4 Å². The Balaban J connectivity index is 0.00000564. The minimum absolute atomic E-state index is 0. The van der Waals surface area contributed by atoms with Gasteiger partial charge in [0.15, 0.2) is 5.82 Å². The van der Waals surface area contributed by atoms with Crippen molar-refractivity contribution in [3.8, 4) is 73.4 Å². The Hall–Kier alpha value is -8.68. The summed E-state index contributed by atoms with van der Waals surface area (Å²) in [5, 5.41) is 2.29. The zero-order valence-electron chi connectivity index (χ0n) is 42.6. The number of anilines is 5. The summed E-state index contributed by atoms with van der Waals surface area (Å²) in [6, 6.07) is 90.1. The van der Waals surface area contributed by atoms with Crippen LogP contribution in [0.4, 0.5) is 28.4 Å². The molecule has 0 N–H and O–H groups in total. The number of fused-ring (bicyclic) bond motifs is 7. The van der Waals surface area contributed by atoms with Gasteiger partial charge in [0.1, 0.15) is 0 Å². The summed E-state index contributed by atoms with van der Waals surface area (Å²) in [4.78, 5) is 23.2. The van der Waals surface area contributed by atoms with Crippen molar-refractivity contribution >= 4 is 88.0 Å². The van der Waals surface area contributed by atoms with E-state index in [9.17, 15) is 0 Å². The van der Waals surface area contributed by atoms with Crippen LogP contribution >= 0.6 is 8.35 Å². The van der Waals surface area contributed by atoms with Gasteiger partial charge in [0.2, 0.25) is 0 Å². The largest absolute Gasteiger partial charge is 0.369 e. The number of hydrogen-bond acceptors (Lipinski definition) is 6. The van der Waals surface area contributed by atoms with E-state index in [1.807, 2.05) is 60.7 Å². The molecular formula is C69H44BN7PTh-. The monoisotopic (exact) mass is 1240 g/mol. The summed E-state index contributed by atoms with van der Waals surface area (Å²) in [5.41, 5.74) is 22.0. The molecule has 0 radical (unpaired) electrons. The van der Waals surface area contributed by atoms with Crippen LogP contribution in [0.2, 0.25) is 0 Å². The van der Waals surface area contributed by atoms with Crippen molar-refractivity contribution in [2.45, 2.75) is 0 Å². The van der Waals surface area contributed by atoms with Crippen LogP contribution in [0.1, 0.15) is 0 Å². The molecule has 0 spiro atoms. The molecule has 0 saturated heterocycles. The fourth-order valence-electron chi connectivity index (χ4n) is 11.8. The third-order valence-electron chi connectivity index (χ3n) is 15.3. The van der Waals surface area contributed by atoms with Crippen LogP contribution in [0.15, 0.2) is 255 Å². The molecule has 0 unspecified atom stereocenters. The van der Waals surface area contributed by atoms with Gasteiger partial charge in [-0.25, -0.2) is 9.97 Å². The molecule has 0 saturated carbocycles. The van der Waals surface area contributed by atoms with Gasteiger partial charge in [-0.2, -0.15) is 0 Å². The van der Waals surface area contributed by atoms with E-state index in [1.165, 1.54) is 39.1 Å². The number of nitrogens with zero attached hydrogens (tertiary/aromatic N) is 7. The first-order valence-corrected chi connectivity index (χ1v) is 27.2. The summed E-state index contributed by atoms with van der Waals surface area (Å²) in [7, 11) is 0.889. The summed E-state index contributed by atoms with van der Waals surface area (Å²) >= 11 is 0. The second kappa shape index (κ2) is 20.3. The number of hydrogen-bond donors (Lipinski definition) is 0. The maximum absolute atomic E-state index is 5.30. The molecule has 0 bridgehead atoms. The topological polar surface area (TPSA) is 63.0 Å². The molecule has 13 aromatic rings. The minimum Gasteiger partial charge on any atom is -0.369 e. The van der Waals surface area contributed by atoms with Gasteiger partial charge in [-0.3, -0.25) is 4.67 Å². The van der Waals surface area contributed by atoms with Crippen molar-refractivity contribution in [2.75, 3.05) is 9.57 Å². The molecular weight excluding hydrogens is 1200 g/mol. The first-order valence-electron chi connectivity index (χ1n) is 26.1. The SMILES string of the molecule is C=PN1c2ccccc2B2c3ccccc3N(c3ccccc3)c3cc(-c4ccc5c(c4)c4ccccc4n5-c4ccc(-c5nc(-c6ccccc6)cc(-c6ccccc6)n5)c(-c5n[c-]cc(-c6ccccc6)n5)c4)cc1c32.[Th]. The fraction of sp³-hybridized carbons (Fsp3) is 0. The molecule has 5 heterocycles. The zero-order chi connectivity index (χ0) is 51.7. The number of para-hydroxylation sites is 4. The van der Waals surface area contributed by atoms with Crippen molar-refractivity contribution < 1.29 is 39.9 Å². The summed E-state index contributed by atoms with van der Waals surface area (Å²) in [6.45, 7) is 0.0560. The van der Waals surface area contributed by atoms with Gasteiger partial charge in [-0.1, -0.05) is 188 Å². The van der Waals surface area contributed by atoms with Crippen LogP contribution in [0, 0.1) is 46.1 Å². The van der Waals surface area contributed by atoms with Crippen molar-refractivity contribution in [3.05, 3.63) is 261 Å². The molecule has 79 heavy (non-hydrogen) atoms. The molecule has 2 aliphatic rings. The number of aromatic nitrogens is 5. The van der Waals surface area contributed by atoms with Crippen molar-refractivity contribution in [1.29, 1.82) is 0 Å². The van der Waals surface area contributed by atoms with Crippen molar-refractivity contribution in [3.63, 3.8) is 0 Å². The average Bonchev–Trinajstić information content (AvgIpc) is 3.99. The third kappa shape index (κ3) is 8.32. The smallest absolute Gasteiger partial charge is 0.252 e. The van der Waals surface area contributed by atoms with Crippen LogP contribution in [-0.4, -0.2) is 37.5 Å². The molecule has 15 rings (SSSR count). The quantitative estimate of drug-likeness (QED) is 0.0815. The Kier molecular flexibility index (Phi) is 12.5. The van der Waals surface area contributed by atoms with E-state index < -0.39 is 0 Å². The number of benzene rings is 10. The van der Waals surface area contributed by atoms with E-state index in [0.29, 0.717) is 11.6 Å². The summed E-state index contributed by atoms with van der Waals surface area (Å²) < 4.78 is 4.73. The molecule has 7 nitrogen and oxygen atoms in total. The van der Waals surface area contributed by atoms with Crippen LogP contribution in [0.25, 0.3) is 95.2 Å². The molecule has 0 atom stereocenters. The van der Waals surface area contributed by atoms with E-state index in [0.717, 1.165) is 97.6 Å². The minimum atomic E-state index is 0. The molecule has 368 valence electrons. The average molecular weight is 1240 g/mol. The number of rotatable bonds is 9. The predicted octanol–water partition coefficient (Wildman–Crippen LogP) is 15.2. The van der Waals surface area contributed by atoms with E-state index in [1.54, 1.807) is 0 Å². The summed E-state index contributed by atoms with van der Waals surface area (Å²) in [6.07, 6.45) is 7.71. The van der Waals surface area contributed by atoms with Crippen LogP contribution in [0.3, 0.4) is 0 Å². The van der Waals surface area contributed by atoms with E-state index in [4.69, 9.17) is 19.9 Å². The molecule has 0 aliphatic carbocycles. The van der Waals surface area contributed by atoms with Gasteiger partial charge < -0.3 is 19.4 Å². The Morgan fingerprint density at radius 1 is 0.405 bits per heavy atom. The van der Waals surface area contributed by atoms with Gasteiger partial charge in [-0.05, 0) is 118 Å². The normalized spacial score (nSPS) is 12.3. The first kappa shape index (κ1) is 48.7. The Bertz CT molecular complexity index is 4440. The first-order chi connectivity index (χ1) is 38.6. The van der Waals surface area contributed by atoms with E-state index in [2.05, 4.69) is 221 Å². The van der Waals surface area contributed by atoms with Gasteiger partial charge in [0.25, 0.3) is 6.71 Å². The van der Waals surface area contributed by atoms with Crippen LogP contribution < -0.4 is 26.0 Å². The van der Waals surface area contributed by atoms with Crippen molar-refractivity contribution in [1.82, 2.24) is 24.5 Å². The second-order valence-corrected chi connectivity index (χ2v) is 20.4. The molecule has 0 fully saturated rings.